The Hall–Kier alpha value is -1.75. The third-order valence-electron chi connectivity index (χ3n) is 1.88. The summed E-state index contributed by atoms with van der Waals surface area (Å²) < 4.78 is 72.9. The van der Waals surface area contributed by atoms with Gasteiger partial charge in [-0.2, -0.15) is 17.6 Å². The van der Waals surface area contributed by atoms with Gasteiger partial charge in [0.1, 0.15) is 6.54 Å². The number of nitrogens with zero attached hydrogens (tertiary/aromatic N) is 1. The van der Waals surface area contributed by atoms with Crippen molar-refractivity contribution in [3.8, 4) is 0 Å². The summed E-state index contributed by atoms with van der Waals surface area (Å²) in [4.78, 5) is 8.05. The van der Waals surface area contributed by atoms with E-state index in [0.29, 0.717) is 12.1 Å². The number of benzene rings is 1. The molecule has 0 aliphatic heterocycles. The molecule has 1 aromatic rings. The molecule has 19 heavy (non-hydrogen) atoms. The monoisotopic (exact) mass is 302 g/mol. The van der Waals surface area contributed by atoms with Crippen LogP contribution < -0.4 is 4.72 Å². The molecule has 0 saturated heterocycles. The van der Waals surface area contributed by atoms with Crippen molar-refractivity contribution in [3.05, 3.63) is 34.1 Å². The maximum Gasteiger partial charge on any atom is 0.402 e. The Morgan fingerprint density at radius 3 is 2.37 bits per heavy atom. The van der Waals surface area contributed by atoms with Crippen LogP contribution >= 0.6 is 0 Å². The zero-order valence-electron chi connectivity index (χ0n) is 8.94. The summed E-state index contributed by atoms with van der Waals surface area (Å²) in [6.07, 6.45) is -4.84. The van der Waals surface area contributed by atoms with Gasteiger partial charge in [-0.15, -0.1) is 0 Å². The van der Waals surface area contributed by atoms with E-state index in [2.05, 4.69) is 0 Å². The van der Waals surface area contributed by atoms with Gasteiger partial charge in [-0.05, 0) is 12.1 Å². The first-order chi connectivity index (χ1) is 8.54. The van der Waals surface area contributed by atoms with E-state index in [0.717, 1.165) is 10.8 Å². The fraction of sp³-hybridized carbons (Fsp3) is 0.250. The number of hydrogen-bond acceptors (Lipinski definition) is 4. The highest BCUT2D eigenvalue weighted by Gasteiger charge is 2.34. The number of halogens is 4. The molecule has 6 nitrogen and oxygen atoms in total. The zero-order chi connectivity index (χ0) is 14.8. The summed E-state index contributed by atoms with van der Waals surface area (Å²) in [5.41, 5.74) is -1.41. The van der Waals surface area contributed by atoms with Gasteiger partial charge in [0.25, 0.3) is 0 Å². The smallest absolute Gasteiger partial charge is 0.258 e. The lowest BCUT2D eigenvalue weighted by Crippen LogP contribution is -2.34. The van der Waals surface area contributed by atoms with Gasteiger partial charge >= 0.3 is 11.9 Å². The fourth-order valence-corrected chi connectivity index (χ4v) is 2.34. The van der Waals surface area contributed by atoms with Gasteiger partial charge in [0.2, 0.25) is 15.8 Å². The Kier molecular flexibility index (Phi) is 4.10. The van der Waals surface area contributed by atoms with Crippen LogP contribution in [-0.4, -0.2) is 26.1 Å². The Bertz CT molecular complexity index is 599. The molecule has 106 valence electrons. The van der Waals surface area contributed by atoms with E-state index in [4.69, 9.17) is 0 Å². The van der Waals surface area contributed by atoms with Gasteiger partial charge in [0.15, 0.2) is 4.90 Å². The topological polar surface area (TPSA) is 89.3 Å². The SMILES string of the molecule is O=[N+]([O-])c1c(F)cccc1S(=O)(=O)NCC(F)(F)F. The molecule has 0 aliphatic rings. The highest BCUT2D eigenvalue weighted by Crippen LogP contribution is 2.26. The predicted molar refractivity (Wildman–Crippen MR) is 54.3 cm³/mol. The molecule has 0 bridgehead atoms. The van der Waals surface area contributed by atoms with Crippen LogP contribution in [0.25, 0.3) is 0 Å². The van der Waals surface area contributed by atoms with Crippen molar-refractivity contribution < 1.29 is 30.9 Å². The zero-order valence-corrected chi connectivity index (χ0v) is 9.76. The lowest BCUT2D eigenvalue weighted by Gasteiger charge is -2.09. The van der Waals surface area contributed by atoms with E-state index in [1.165, 1.54) is 0 Å². The predicted octanol–water partition coefficient (Wildman–Crippen LogP) is 1.57. The molecule has 0 heterocycles. The van der Waals surface area contributed by atoms with E-state index >= 15 is 0 Å². The standard InChI is InChI=1S/C8H6F4N2O4S/c9-5-2-1-3-6(7(5)14(15)16)19(17,18)13-4-8(10,11)12/h1-3,13H,4H2. The molecular formula is C8H6F4N2O4S. The normalized spacial score (nSPS) is 12.4. The van der Waals surface area contributed by atoms with Gasteiger partial charge in [-0.3, -0.25) is 10.1 Å². The van der Waals surface area contributed by atoms with Crippen LogP contribution in [0.15, 0.2) is 23.1 Å². The van der Waals surface area contributed by atoms with Gasteiger partial charge in [0.05, 0.1) is 4.92 Å². The second-order valence-electron chi connectivity index (χ2n) is 3.28. The van der Waals surface area contributed by atoms with Gasteiger partial charge in [-0.1, -0.05) is 6.07 Å². The Morgan fingerprint density at radius 1 is 1.32 bits per heavy atom. The Morgan fingerprint density at radius 2 is 1.89 bits per heavy atom. The number of nitro groups is 1. The number of sulfonamides is 1. The molecule has 0 aliphatic carbocycles. The molecule has 0 unspecified atom stereocenters. The van der Waals surface area contributed by atoms with Crippen LogP contribution in [0, 0.1) is 15.9 Å². The number of nitrogens with one attached hydrogen (secondary N) is 1. The highest BCUT2D eigenvalue weighted by molar-refractivity contribution is 7.89. The molecule has 0 radical (unpaired) electrons. The minimum absolute atomic E-state index is 0.626. The Balaban J connectivity index is 3.23. The van der Waals surface area contributed by atoms with Gasteiger partial charge < -0.3 is 0 Å². The summed E-state index contributed by atoms with van der Waals surface area (Å²) >= 11 is 0. The number of alkyl halides is 3. The molecule has 0 spiro atoms. The Labute approximate surface area is 104 Å². The van der Waals surface area contributed by atoms with Crippen molar-refractivity contribution >= 4 is 15.7 Å². The van der Waals surface area contributed by atoms with Crippen molar-refractivity contribution in [2.24, 2.45) is 0 Å². The lowest BCUT2D eigenvalue weighted by molar-refractivity contribution is -0.390. The summed E-state index contributed by atoms with van der Waals surface area (Å²) in [6.45, 7) is -1.91. The quantitative estimate of drug-likeness (QED) is 0.519. The number of para-hydroxylation sites is 1. The van der Waals surface area contributed by atoms with Crippen molar-refractivity contribution in [1.29, 1.82) is 0 Å². The van der Waals surface area contributed by atoms with Crippen LogP contribution in [0.5, 0.6) is 0 Å². The van der Waals surface area contributed by atoms with Crippen molar-refractivity contribution in [1.82, 2.24) is 4.72 Å². The molecular weight excluding hydrogens is 296 g/mol. The van der Waals surface area contributed by atoms with E-state index in [-0.39, 0.29) is 0 Å². The second kappa shape index (κ2) is 5.09. The fourth-order valence-electron chi connectivity index (χ4n) is 1.14. The van der Waals surface area contributed by atoms with E-state index in [1.54, 1.807) is 0 Å². The average Bonchev–Trinajstić information content (AvgIpc) is 2.25. The highest BCUT2D eigenvalue weighted by atomic mass is 32.2. The minimum atomic E-state index is -4.84. The summed E-state index contributed by atoms with van der Waals surface area (Å²) in [7, 11) is -4.84. The molecule has 11 heteroatoms. The second-order valence-corrected chi connectivity index (χ2v) is 5.02. The van der Waals surface area contributed by atoms with Gasteiger partial charge in [0, 0.05) is 0 Å². The molecule has 1 rings (SSSR count). The summed E-state index contributed by atoms with van der Waals surface area (Å²) in [5.74, 6) is -1.46. The number of hydrogen-bond donors (Lipinski definition) is 1. The minimum Gasteiger partial charge on any atom is -0.258 e. The lowest BCUT2D eigenvalue weighted by atomic mass is 10.3. The molecule has 0 amide bonds. The maximum absolute atomic E-state index is 13.1. The van der Waals surface area contributed by atoms with E-state index in [9.17, 15) is 36.1 Å². The molecule has 0 fully saturated rings. The molecule has 0 saturated carbocycles. The third-order valence-corrected chi connectivity index (χ3v) is 3.32. The van der Waals surface area contributed by atoms with E-state index < -0.39 is 44.1 Å². The first-order valence-corrected chi connectivity index (χ1v) is 6.02. The van der Waals surface area contributed by atoms with Gasteiger partial charge in [-0.25, -0.2) is 13.1 Å². The first-order valence-electron chi connectivity index (χ1n) is 4.54. The van der Waals surface area contributed by atoms with Crippen molar-refractivity contribution in [3.63, 3.8) is 0 Å². The van der Waals surface area contributed by atoms with Crippen molar-refractivity contribution in [2.75, 3.05) is 6.54 Å². The van der Waals surface area contributed by atoms with Crippen LogP contribution in [0.3, 0.4) is 0 Å². The summed E-state index contributed by atoms with van der Waals surface area (Å²) in [5, 5.41) is 10.5. The van der Waals surface area contributed by atoms with Crippen LogP contribution in [0.1, 0.15) is 0 Å². The number of rotatable bonds is 4. The molecule has 0 atom stereocenters. The maximum atomic E-state index is 13.1. The van der Waals surface area contributed by atoms with Crippen LogP contribution in [0.2, 0.25) is 0 Å². The van der Waals surface area contributed by atoms with E-state index in [1.807, 2.05) is 0 Å². The van der Waals surface area contributed by atoms with Crippen LogP contribution in [0.4, 0.5) is 23.2 Å². The summed E-state index contributed by atoms with van der Waals surface area (Å²) in [6, 6.07) is 2.10. The largest absolute Gasteiger partial charge is 0.402 e. The molecule has 1 aromatic carbocycles. The number of nitro benzene ring substituents is 1. The molecule has 0 aromatic heterocycles. The average molecular weight is 302 g/mol. The first kappa shape index (κ1) is 15.3. The van der Waals surface area contributed by atoms with Crippen molar-refractivity contribution in [2.45, 2.75) is 11.1 Å². The third kappa shape index (κ3) is 3.86. The molecule has 1 N–H and O–H groups in total. The van der Waals surface area contributed by atoms with Crippen LogP contribution in [-0.2, 0) is 10.0 Å².